The average Bonchev–Trinajstić information content (AvgIpc) is 2.86. The molecule has 2 N–H and O–H groups in total. The van der Waals surface area contributed by atoms with Gasteiger partial charge in [-0.2, -0.15) is 0 Å². The second-order valence-corrected chi connectivity index (χ2v) is 8.66. The van der Waals surface area contributed by atoms with Crippen molar-refractivity contribution in [3.05, 3.63) is 74.0 Å². The maximum absolute atomic E-state index is 12.7. The Balaban J connectivity index is 1.39. The fourth-order valence-electron chi connectivity index (χ4n) is 4.12. The third-order valence-electron chi connectivity index (χ3n) is 6.28. The van der Waals surface area contributed by atoms with E-state index >= 15 is 0 Å². The van der Waals surface area contributed by atoms with Crippen molar-refractivity contribution in [2.24, 2.45) is 5.92 Å². The van der Waals surface area contributed by atoms with Crippen molar-refractivity contribution in [1.82, 2.24) is 0 Å². The number of anilines is 3. The molecule has 34 heavy (non-hydrogen) atoms. The summed E-state index contributed by atoms with van der Waals surface area (Å²) in [5.41, 5.74) is 1.99. The Hall–Kier alpha value is -3.81. The van der Waals surface area contributed by atoms with Gasteiger partial charge in [-0.15, -0.1) is 0 Å². The second-order valence-electron chi connectivity index (χ2n) is 8.66. The normalized spacial score (nSPS) is 14.1. The van der Waals surface area contributed by atoms with Crippen LogP contribution in [0.15, 0.2) is 52.1 Å². The molecule has 178 valence electrons. The van der Waals surface area contributed by atoms with E-state index in [1.165, 1.54) is 0 Å². The minimum absolute atomic E-state index is 0.265. The first kappa shape index (κ1) is 23.4. The van der Waals surface area contributed by atoms with Gasteiger partial charge in [0.05, 0.1) is 14.2 Å². The van der Waals surface area contributed by atoms with E-state index in [2.05, 4.69) is 17.6 Å². The van der Waals surface area contributed by atoms with E-state index < -0.39 is 10.9 Å². The maximum atomic E-state index is 12.7. The number of nitrogens with one attached hydrogen (secondary N) is 2. The molecule has 8 nitrogen and oxygen atoms in total. The zero-order valence-corrected chi connectivity index (χ0v) is 19.6. The van der Waals surface area contributed by atoms with Gasteiger partial charge in [0.15, 0.2) is 0 Å². The van der Waals surface area contributed by atoms with Crippen molar-refractivity contribution in [3.63, 3.8) is 0 Å². The van der Waals surface area contributed by atoms with Gasteiger partial charge in [-0.05, 0) is 36.5 Å². The van der Waals surface area contributed by atoms with E-state index in [1.54, 1.807) is 44.6 Å². The van der Waals surface area contributed by atoms with Crippen molar-refractivity contribution >= 4 is 23.0 Å². The highest BCUT2D eigenvalue weighted by molar-refractivity contribution is 6.04. The fraction of sp³-hybridized carbons (Fsp3) is 0.346. The molecule has 0 saturated carbocycles. The molecule has 0 aliphatic carbocycles. The van der Waals surface area contributed by atoms with Crippen LogP contribution in [0.5, 0.6) is 11.5 Å². The molecule has 4 rings (SSSR count). The molecule has 1 saturated heterocycles. The first-order chi connectivity index (χ1) is 16.4. The van der Waals surface area contributed by atoms with Crippen LogP contribution in [0.1, 0.15) is 35.7 Å². The topological polar surface area (TPSA) is 97.0 Å². The molecule has 1 heterocycles. The quantitative estimate of drug-likeness (QED) is 0.494. The summed E-state index contributed by atoms with van der Waals surface area (Å²) in [6.45, 7) is 4.18. The van der Waals surface area contributed by atoms with E-state index in [9.17, 15) is 14.4 Å². The molecule has 8 heteroatoms. The minimum atomic E-state index is -0.460. The first-order valence-electron chi connectivity index (χ1n) is 11.3. The van der Waals surface area contributed by atoms with Crippen LogP contribution in [0.4, 0.5) is 17.1 Å². The lowest BCUT2D eigenvalue weighted by molar-refractivity contribution is 0.102. The second kappa shape index (κ2) is 9.99. The van der Waals surface area contributed by atoms with Gasteiger partial charge in [-0.1, -0.05) is 19.1 Å². The van der Waals surface area contributed by atoms with Crippen LogP contribution in [0, 0.1) is 5.92 Å². The summed E-state index contributed by atoms with van der Waals surface area (Å²) in [7, 11) is 3.10. The lowest BCUT2D eigenvalue weighted by Crippen LogP contribution is -2.45. The Morgan fingerprint density at radius 1 is 0.971 bits per heavy atom. The lowest BCUT2D eigenvalue weighted by Gasteiger charge is -2.33. The zero-order valence-electron chi connectivity index (χ0n) is 19.6. The molecule has 0 atom stereocenters. The molecule has 1 amide bonds. The highest BCUT2D eigenvalue weighted by Gasteiger charge is 2.28. The minimum Gasteiger partial charge on any atom is -0.497 e. The van der Waals surface area contributed by atoms with Crippen LogP contribution < -0.4 is 35.9 Å². The Bertz CT molecular complexity index is 1210. The number of hydrogen-bond acceptors (Lipinski definition) is 7. The van der Waals surface area contributed by atoms with Crippen molar-refractivity contribution in [1.29, 1.82) is 0 Å². The molecule has 0 radical (unpaired) electrons. The van der Waals surface area contributed by atoms with Crippen LogP contribution in [0.2, 0.25) is 0 Å². The van der Waals surface area contributed by atoms with Gasteiger partial charge in [0, 0.05) is 49.1 Å². The first-order valence-corrected chi connectivity index (χ1v) is 11.3. The summed E-state index contributed by atoms with van der Waals surface area (Å²) in [5.74, 6) is 1.53. The molecular weight excluding hydrogens is 434 g/mol. The number of hydrogen-bond donors (Lipinski definition) is 2. The van der Waals surface area contributed by atoms with Gasteiger partial charge in [-0.3, -0.25) is 14.4 Å². The van der Waals surface area contributed by atoms with E-state index in [0.29, 0.717) is 46.6 Å². The van der Waals surface area contributed by atoms with Gasteiger partial charge in [0.2, 0.25) is 0 Å². The number of piperidine rings is 1. The molecule has 0 bridgehead atoms. The molecule has 0 aromatic heterocycles. The maximum Gasteiger partial charge on any atom is 0.255 e. The summed E-state index contributed by atoms with van der Waals surface area (Å²) in [4.78, 5) is 39.0. The number of ether oxygens (including phenoxy) is 2. The standard InChI is InChI=1S/C26H29N3O5/c1-16-8-10-29(11-9-16)23-22(24(30)25(23)31)27-15-17-4-6-18(7-5-17)26(32)28-19-12-20(33-2)14-21(13-19)34-3/h4-7,12-14,16,27H,8-11,15H2,1-3H3,(H,28,32). The predicted octanol–water partition coefficient (Wildman–Crippen LogP) is 3.40. The van der Waals surface area contributed by atoms with Gasteiger partial charge in [0.1, 0.15) is 22.9 Å². The van der Waals surface area contributed by atoms with E-state index in [0.717, 1.165) is 31.5 Å². The molecule has 3 aromatic carbocycles. The summed E-state index contributed by atoms with van der Waals surface area (Å²) in [6, 6.07) is 12.2. The van der Waals surface area contributed by atoms with Gasteiger partial charge >= 0.3 is 0 Å². The van der Waals surface area contributed by atoms with Gasteiger partial charge < -0.3 is 25.0 Å². The van der Waals surface area contributed by atoms with Gasteiger partial charge in [0.25, 0.3) is 16.8 Å². The lowest BCUT2D eigenvalue weighted by atomic mass is 9.98. The van der Waals surface area contributed by atoms with Gasteiger partial charge in [-0.25, -0.2) is 0 Å². The van der Waals surface area contributed by atoms with Crippen LogP contribution in [-0.4, -0.2) is 33.2 Å². The number of methoxy groups -OCH3 is 2. The highest BCUT2D eigenvalue weighted by Crippen LogP contribution is 2.27. The average molecular weight is 464 g/mol. The summed E-state index contributed by atoms with van der Waals surface area (Å²) in [6.07, 6.45) is 2.04. The SMILES string of the molecule is COc1cc(NC(=O)c2ccc(CNc3c(N4CCC(C)CC4)c(=O)c3=O)cc2)cc(OC)c1. The number of rotatable bonds is 8. The largest absolute Gasteiger partial charge is 0.497 e. The number of benzene rings is 2. The number of amides is 1. The molecule has 1 aliphatic heterocycles. The smallest absolute Gasteiger partial charge is 0.255 e. The molecule has 1 aliphatic rings. The van der Waals surface area contributed by atoms with Crippen LogP contribution >= 0.6 is 0 Å². The Kier molecular flexibility index (Phi) is 6.86. The number of carbonyl (C=O) groups excluding carboxylic acids is 1. The van der Waals surface area contributed by atoms with E-state index in [1.807, 2.05) is 17.0 Å². The summed E-state index contributed by atoms with van der Waals surface area (Å²) in [5, 5.41) is 5.97. The van der Waals surface area contributed by atoms with Crippen molar-refractivity contribution in [3.8, 4) is 11.5 Å². The molecule has 1 fully saturated rings. The van der Waals surface area contributed by atoms with Crippen molar-refractivity contribution in [2.45, 2.75) is 26.3 Å². The van der Waals surface area contributed by atoms with Crippen LogP contribution in [0.25, 0.3) is 0 Å². The predicted molar refractivity (Wildman–Crippen MR) is 133 cm³/mol. The van der Waals surface area contributed by atoms with Crippen LogP contribution in [0.3, 0.4) is 0 Å². The Morgan fingerprint density at radius 2 is 1.59 bits per heavy atom. The Morgan fingerprint density at radius 3 is 2.18 bits per heavy atom. The molecule has 0 spiro atoms. The molecule has 0 unspecified atom stereocenters. The highest BCUT2D eigenvalue weighted by atomic mass is 16.5. The van der Waals surface area contributed by atoms with Crippen molar-refractivity contribution < 1.29 is 14.3 Å². The zero-order chi connectivity index (χ0) is 24.2. The number of carbonyl (C=O) groups is 1. The number of nitrogens with zero attached hydrogens (tertiary/aromatic N) is 1. The summed E-state index contributed by atoms with van der Waals surface area (Å²) < 4.78 is 10.5. The van der Waals surface area contributed by atoms with Crippen molar-refractivity contribution in [2.75, 3.05) is 42.8 Å². The third kappa shape index (κ3) is 4.90. The van der Waals surface area contributed by atoms with E-state index in [-0.39, 0.29) is 5.91 Å². The Labute approximate surface area is 198 Å². The monoisotopic (exact) mass is 463 g/mol. The fourth-order valence-corrected chi connectivity index (χ4v) is 4.12. The third-order valence-corrected chi connectivity index (χ3v) is 6.28. The molecular formula is C26H29N3O5. The van der Waals surface area contributed by atoms with Crippen LogP contribution in [-0.2, 0) is 6.54 Å². The van der Waals surface area contributed by atoms with E-state index in [4.69, 9.17) is 9.47 Å². The molecule has 3 aromatic rings. The summed E-state index contributed by atoms with van der Waals surface area (Å²) >= 11 is 0.